The largest absolute Gasteiger partial charge is 0.364 e. The van der Waals surface area contributed by atoms with Crippen LogP contribution < -0.4 is 0 Å². The van der Waals surface area contributed by atoms with E-state index in [1.54, 1.807) is 4.31 Å². The van der Waals surface area contributed by atoms with Gasteiger partial charge >= 0.3 is 0 Å². The molecule has 0 amide bonds. The Morgan fingerprint density at radius 3 is 2.12 bits per heavy atom. The Bertz CT molecular complexity index is 838. The number of nitrogens with zero attached hydrogens (tertiary/aromatic N) is 1. The Hall–Kier alpha value is -1.59. The fraction of sp³-hybridized carbons (Fsp3) is 0.474. The van der Waals surface area contributed by atoms with Crippen molar-refractivity contribution in [3.63, 3.8) is 0 Å². The lowest BCUT2D eigenvalue weighted by atomic mass is 9.95. The third kappa shape index (κ3) is 2.50. The number of sulfonamides is 1. The van der Waals surface area contributed by atoms with Crippen molar-refractivity contribution in [3.8, 4) is 0 Å². The second-order valence-electron chi connectivity index (χ2n) is 6.85. The van der Waals surface area contributed by atoms with Crippen molar-refractivity contribution in [2.75, 3.05) is 6.54 Å². The average molecular weight is 346 g/mol. The van der Waals surface area contributed by atoms with Crippen molar-refractivity contribution in [1.29, 1.82) is 0 Å². The van der Waals surface area contributed by atoms with Gasteiger partial charge in [-0.05, 0) is 87.4 Å². The summed E-state index contributed by atoms with van der Waals surface area (Å²) in [7, 11) is -3.52. The SMILES string of the molecule is Cc1c(C)c(C)c(S(=O)(=O)N2CCC[C@@H]2c2ccc[nH]2)c(C)c1C. The summed E-state index contributed by atoms with van der Waals surface area (Å²) in [6, 6.07) is 3.81. The van der Waals surface area contributed by atoms with Gasteiger partial charge in [0.05, 0.1) is 10.9 Å². The zero-order valence-corrected chi connectivity index (χ0v) is 15.9. The van der Waals surface area contributed by atoms with Gasteiger partial charge in [-0.2, -0.15) is 4.31 Å². The van der Waals surface area contributed by atoms with Gasteiger partial charge in [0.1, 0.15) is 0 Å². The summed E-state index contributed by atoms with van der Waals surface area (Å²) in [6.45, 7) is 10.5. The van der Waals surface area contributed by atoms with Crippen molar-refractivity contribution >= 4 is 10.0 Å². The lowest BCUT2D eigenvalue weighted by Crippen LogP contribution is -2.32. The molecule has 0 saturated carbocycles. The minimum Gasteiger partial charge on any atom is -0.364 e. The zero-order valence-electron chi connectivity index (χ0n) is 15.1. The fourth-order valence-electron chi connectivity index (χ4n) is 3.86. The number of hydrogen-bond donors (Lipinski definition) is 1. The molecular formula is C19H26N2O2S. The summed E-state index contributed by atoms with van der Waals surface area (Å²) in [5, 5.41) is 0. The molecule has 1 aliphatic rings. The number of aromatic amines is 1. The van der Waals surface area contributed by atoms with Gasteiger partial charge < -0.3 is 4.98 Å². The van der Waals surface area contributed by atoms with E-state index in [2.05, 4.69) is 11.9 Å². The molecule has 1 N–H and O–H groups in total. The second-order valence-corrected chi connectivity index (χ2v) is 8.68. The number of nitrogens with one attached hydrogen (secondary N) is 1. The third-order valence-electron chi connectivity index (χ3n) is 5.68. The van der Waals surface area contributed by atoms with Gasteiger partial charge in [0.2, 0.25) is 10.0 Å². The van der Waals surface area contributed by atoms with Crippen molar-refractivity contribution < 1.29 is 8.42 Å². The highest BCUT2D eigenvalue weighted by Crippen LogP contribution is 2.39. The van der Waals surface area contributed by atoms with Gasteiger partial charge in [0, 0.05) is 18.4 Å². The predicted molar refractivity (Wildman–Crippen MR) is 96.8 cm³/mol. The molecule has 1 aromatic heterocycles. The topological polar surface area (TPSA) is 53.2 Å². The zero-order chi connectivity index (χ0) is 17.6. The third-order valence-corrected chi connectivity index (χ3v) is 7.87. The van der Waals surface area contributed by atoms with E-state index >= 15 is 0 Å². The average Bonchev–Trinajstić information content (AvgIpc) is 3.21. The summed E-state index contributed by atoms with van der Waals surface area (Å²) < 4.78 is 28.7. The molecule has 0 spiro atoms. The normalized spacial score (nSPS) is 19.1. The van der Waals surface area contributed by atoms with Gasteiger partial charge in [-0.3, -0.25) is 0 Å². The van der Waals surface area contributed by atoms with Crippen LogP contribution in [-0.2, 0) is 10.0 Å². The molecule has 130 valence electrons. The minimum atomic E-state index is -3.52. The van der Waals surface area contributed by atoms with Crippen LogP contribution in [0, 0.1) is 34.6 Å². The van der Waals surface area contributed by atoms with Crippen molar-refractivity contribution in [2.24, 2.45) is 0 Å². The molecular weight excluding hydrogens is 320 g/mol. The van der Waals surface area contributed by atoms with Gasteiger partial charge in [-0.25, -0.2) is 8.42 Å². The van der Waals surface area contributed by atoms with Crippen LogP contribution in [0.5, 0.6) is 0 Å². The standard InChI is InChI=1S/C19H26N2O2S/c1-12-13(2)15(4)19(16(5)14(12)3)24(22,23)21-11-7-9-18(21)17-8-6-10-20-17/h6,8,10,18,20H,7,9,11H2,1-5H3/t18-/m1/s1. The number of aromatic nitrogens is 1. The first-order valence-electron chi connectivity index (χ1n) is 8.49. The van der Waals surface area contributed by atoms with Crippen LogP contribution in [0.2, 0.25) is 0 Å². The maximum absolute atomic E-state index is 13.5. The van der Waals surface area contributed by atoms with Crippen LogP contribution in [-0.4, -0.2) is 24.3 Å². The molecule has 1 atom stereocenters. The van der Waals surface area contributed by atoms with Gasteiger partial charge in [-0.1, -0.05) is 0 Å². The maximum atomic E-state index is 13.5. The van der Waals surface area contributed by atoms with Crippen molar-refractivity contribution in [1.82, 2.24) is 9.29 Å². The molecule has 0 radical (unpaired) electrons. The highest BCUT2D eigenvalue weighted by molar-refractivity contribution is 7.89. The minimum absolute atomic E-state index is 0.0919. The maximum Gasteiger partial charge on any atom is 0.244 e. The molecule has 4 nitrogen and oxygen atoms in total. The molecule has 5 heteroatoms. The van der Waals surface area contributed by atoms with E-state index in [9.17, 15) is 8.42 Å². The molecule has 24 heavy (non-hydrogen) atoms. The first-order chi connectivity index (χ1) is 11.3. The Balaban J connectivity index is 2.15. The number of hydrogen-bond acceptors (Lipinski definition) is 2. The Morgan fingerprint density at radius 2 is 1.58 bits per heavy atom. The van der Waals surface area contributed by atoms with Crippen molar-refractivity contribution in [2.45, 2.75) is 58.4 Å². The number of benzene rings is 1. The summed E-state index contributed by atoms with van der Waals surface area (Å²) in [5.41, 5.74) is 6.08. The Morgan fingerprint density at radius 1 is 1.00 bits per heavy atom. The van der Waals surface area contributed by atoms with E-state index in [-0.39, 0.29) is 6.04 Å². The Labute approximate surface area is 144 Å². The number of H-pyrrole nitrogens is 1. The van der Waals surface area contributed by atoms with Crippen LogP contribution in [0.4, 0.5) is 0 Å². The van der Waals surface area contributed by atoms with E-state index < -0.39 is 10.0 Å². The molecule has 0 bridgehead atoms. The van der Waals surface area contributed by atoms with E-state index in [4.69, 9.17) is 0 Å². The second kappa shape index (κ2) is 6.05. The summed E-state index contributed by atoms with van der Waals surface area (Å²) in [5.74, 6) is 0. The lowest BCUT2D eigenvalue weighted by molar-refractivity contribution is 0.391. The monoisotopic (exact) mass is 346 g/mol. The fourth-order valence-corrected chi connectivity index (χ4v) is 6.10. The quantitative estimate of drug-likeness (QED) is 0.910. The van der Waals surface area contributed by atoms with Gasteiger partial charge in [-0.15, -0.1) is 0 Å². The molecule has 1 saturated heterocycles. The molecule has 1 fully saturated rings. The lowest BCUT2D eigenvalue weighted by Gasteiger charge is -2.27. The van der Waals surface area contributed by atoms with Crippen LogP contribution in [0.15, 0.2) is 23.2 Å². The molecule has 2 aromatic rings. The summed E-state index contributed by atoms with van der Waals surface area (Å²) >= 11 is 0. The van der Waals surface area contributed by atoms with Crippen LogP contribution in [0.3, 0.4) is 0 Å². The molecule has 0 unspecified atom stereocenters. The smallest absolute Gasteiger partial charge is 0.244 e. The first-order valence-corrected chi connectivity index (χ1v) is 9.93. The van der Waals surface area contributed by atoms with E-state index in [0.717, 1.165) is 40.8 Å². The molecule has 0 aliphatic carbocycles. The molecule has 2 heterocycles. The highest BCUT2D eigenvalue weighted by atomic mass is 32.2. The molecule has 1 aromatic carbocycles. The summed E-state index contributed by atoms with van der Waals surface area (Å²) in [4.78, 5) is 3.69. The molecule has 3 rings (SSSR count). The first kappa shape index (κ1) is 17.2. The van der Waals surface area contributed by atoms with E-state index in [0.29, 0.717) is 11.4 Å². The van der Waals surface area contributed by atoms with Gasteiger partial charge in [0.25, 0.3) is 0 Å². The van der Waals surface area contributed by atoms with E-state index in [1.165, 1.54) is 5.56 Å². The molecule has 1 aliphatic heterocycles. The predicted octanol–water partition coefficient (Wildman–Crippen LogP) is 4.08. The highest BCUT2D eigenvalue weighted by Gasteiger charge is 2.38. The van der Waals surface area contributed by atoms with Crippen LogP contribution in [0.1, 0.15) is 52.4 Å². The van der Waals surface area contributed by atoms with Crippen molar-refractivity contribution in [3.05, 3.63) is 51.8 Å². The van der Waals surface area contributed by atoms with Crippen LogP contribution in [0.25, 0.3) is 0 Å². The van der Waals surface area contributed by atoms with Crippen LogP contribution >= 0.6 is 0 Å². The van der Waals surface area contributed by atoms with Gasteiger partial charge in [0.15, 0.2) is 0 Å². The van der Waals surface area contributed by atoms with E-state index in [1.807, 2.05) is 46.0 Å². The number of rotatable bonds is 3. The Kier molecular flexibility index (Phi) is 4.34. The summed E-state index contributed by atoms with van der Waals surface area (Å²) in [6.07, 6.45) is 3.61.